The third-order valence-electron chi connectivity index (χ3n) is 3.78. The normalized spacial score (nSPS) is 10.4. The molecule has 0 saturated carbocycles. The summed E-state index contributed by atoms with van der Waals surface area (Å²) < 4.78 is 12.3. The van der Waals surface area contributed by atoms with Crippen LogP contribution < -0.4 is 14.8 Å². The summed E-state index contributed by atoms with van der Waals surface area (Å²) in [6, 6.07) is 11.3. The maximum Gasteiger partial charge on any atom is 0.273 e. The number of benzene rings is 1. The smallest absolute Gasteiger partial charge is 0.273 e. The van der Waals surface area contributed by atoms with Crippen molar-refractivity contribution in [3.63, 3.8) is 0 Å². The molecule has 0 fully saturated rings. The molecular formula is C19H21N5O3. The van der Waals surface area contributed by atoms with Gasteiger partial charge in [-0.1, -0.05) is 17.3 Å². The van der Waals surface area contributed by atoms with Gasteiger partial charge < -0.3 is 14.8 Å². The van der Waals surface area contributed by atoms with Crippen LogP contribution in [-0.2, 0) is 6.54 Å². The second kappa shape index (κ2) is 9.33. The summed E-state index contributed by atoms with van der Waals surface area (Å²) >= 11 is 0. The first-order chi connectivity index (χ1) is 13.2. The Bertz CT molecular complexity index is 849. The topological polar surface area (TPSA) is 91.2 Å². The van der Waals surface area contributed by atoms with Crippen LogP contribution in [0.4, 0.5) is 0 Å². The number of hydrogen-bond acceptors (Lipinski definition) is 6. The van der Waals surface area contributed by atoms with Crippen LogP contribution in [0.1, 0.15) is 22.5 Å². The summed E-state index contributed by atoms with van der Waals surface area (Å²) in [7, 11) is 1.63. The van der Waals surface area contributed by atoms with Crippen LogP contribution in [0.2, 0.25) is 0 Å². The van der Waals surface area contributed by atoms with Crippen molar-refractivity contribution in [3.05, 3.63) is 66.2 Å². The van der Waals surface area contributed by atoms with E-state index in [1.807, 2.05) is 36.4 Å². The first-order valence-corrected chi connectivity index (χ1v) is 8.58. The van der Waals surface area contributed by atoms with E-state index < -0.39 is 0 Å². The van der Waals surface area contributed by atoms with E-state index in [1.54, 1.807) is 30.4 Å². The first kappa shape index (κ1) is 18.4. The zero-order chi connectivity index (χ0) is 18.9. The number of nitrogens with one attached hydrogen (secondary N) is 1. The molecule has 3 aromatic rings. The second-order valence-electron chi connectivity index (χ2n) is 5.80. The minimum absolute atomic E-state index is 0.252. The van der Waals surface area contributed by atoms with Gasteiger partial charge in [0.25, 0.3) is 5.91 Å². The molecule has 140 valence electrons. The minimum Gasteiger partial charge on any atom is -0.497 e. The molecule has 2 heterocycles. The molecule has 0 spiro atoms. The highest BCUT2D eigenvalue weighted by atomic mass is 16.5. The van der Waals surface area contributed by atoms with Gasteiger partial charge in [0.15, 0.2) is 5.69 Å². The summed E-state index contributed by atoms with van der Waals surface area (Å²) in [6.07, 6.45) is 5.65. The summed E-state index contributed by atoms with van der Waals surface area (Å²) in [4.78, 5) is 16.1. The van der Waals surface area contributed by atoms with Gasteiger partial charge >= 0.3 is 0 Å². The number of carbonyl (C=O) groups is 1. The number of hydrogen-bond donors (Lipinski definition) is 1. The van der Waals surface area contributed by atoms with Gasteiger partial charge in [0.05, 0.1) is 32.7 Å². The Morgan fingerprint density at radius 3 is 2.78 bits per heavy atom. The van der Waals surface area contributed by atoms with E-state index in [4.69, 9.17) is 9.47 Å². The van der Waals surface area contributed by atoms with E-state index in [-0.39, 0.29) is 11.6 Å². The molecule has 1 aromatic carbocycles. The van der Waals surface area contributed by atoms with Crippen molar-refractivity contribution in [1.82, 2.24) is 25.3 Å². The largest absolute Gasteiger partial charge is 0.497 e. The predicted octanol–water partition coefficient (Wildman–Crippen LogP) is 1.93. The fraction of sp³-hybridized carbons (Fsp3) is 0.263. The standard InChI is InChI=1S/C19H21N5O3/c1-26-16-7-5-15(6-8-16)13-24-14-18(22-23-24)19(25)21-10-3-11-27-17-4-2-9-20-12-17/h2,4-9,12,14H,3,10-11,13H2,1H3,(H,21,25). The van der Waals surface area contributed by atoms with Gasteiger partial charge in [0, 0.05) is 12.7 Å². The Morgan fingerprint density at radius 1 is 1.19 bits per heavy atom. The lowest BCUT2D eigenvalue weighted by molar-refractivity contribution is 0.0946. The highest BCUT2D eigenvalue weighted by Crippen LogP contribution is 2.12. The van der Waals surface area contributed by atoms with Crippen molar-refractivity contribution in [1.29, 1.82) is 0 Å². The lowest BCUT2D eigenvalue weighted by atomic mass is 10.2. The summed E-state index contributed by atoms with van der Waals surface area (Å²) in [5, 5.41) is 10.7. The Balaban J connectivity index is 1.41. The molecule has 8 heteroatoms. The number of carbonyl (C=O) groups excluding carboxylic acids is 1. The number of nitrogens with zero attached hydrogens (tertiary/aromatic N) is 4. The molecule has 27 heavy (non-hydrogen) atoms. The average Bonchev–Trinajstić information content (AvgIpc) is 3.17. The zero-order valence-corrected chi connectivity index (χ0v) is 15.0. The predicted molar refractivity (Wildman–Crippen MR) is 98.8 cm³/mol. The van der Waals surface area contributed by atoms with Crippen LogP contribution in [0, 0.1) is 0 Å². The zero-order valence-electron chi connectivity index (χ0n) is 15.0. The van der Waals surface area contributed by atoms with E-state index >= 15 is 0 Å². The van der Waals surface area contributed by atoms with E-state index in [1.165, 1.54) is 0 Å². The van der Waals surface area contributed by atoms with Gasteiger partial charge in [-0.2, -0.15) is 0 Å². The van der Waals surface area contributed by atoms with E-state index in [2.05, 4.69) is 20.6 Å². The third kappa shape index (κ3) is 5.53. The Kier molecular flexibility index (Phi) is 6.35. The second-order valence-corrected chi connectivity index (χ2v) is 5.80. The highest BCUT2D eigenvalue weighted by Gasteiger charge is 2.10. The minimum atomic E-state index is -0.252. The van der Waals surface area contributed by atoms with Crippen molar-refractivity contribution < 1.29 is 14.3 Å². The van der Waals surface area contributed by atoms with Gasteiger partial charge in [-0.25, -0.2) is 4.68 Å². The molecule has 0 saturated heterocycles. The SMILES string of the molecule is COc1ccc(Cn2cc(C(=O)NCCCOc3cccnc3)nn2)cc1. The fourth-order valence-electron chi connectivity index (χ4n) is 2.38. The maximum atomic E-state index is 12.1. The molecule has 2 aromatic heterocycles. The molecule has 0 atom stereocenters. The Hall–Kier alpha value is -3.42. The monoisotopic (exact) mass is 367 g/mol. The molecule has 0 aliphatic heterocycles. The number of methoxy groups -OCH3 is 1. The van der Waals surface area contributed by atoms with Crippen LogP contribution in [0.5, 0.6) is 11.5 Å². The lowest BCUT2D eigenvalue weighted by Crippen LogP contribution is -2.25. The van der Waals surface area contributed by atoms with Crippen molar-refractivity contribution in [2.45, 2.75) is 13.0 Å². The highest BCUT2D eigenvalue weighted by molar-refractivity contribution is 5.91. The van der Waals surface area contributed by atoms with Crippen LogP contribution in [0.3, 0.4) is 0 Å². The van der Waals surface area contributed by atoms with Crippen molar-refractivity contribution in [2.24, 2.45) is 0 Å². The molecule has 8 nitrogen and oxygen atoms in total. The Labute approximate surface area is 157 Å². The number of ether oxygens (including phenoxy) is 2. The average molecular weight is 367 g/mol. The van der Waals surface area contributed by atoms with Gasteiger partial charge in [-0.05, 0) is 36.2 Å². The molecule has 0 aliphatic carbocycles. The van der Waals surface area contributed by atoms with Crippen LogP contribution in [0.25, 0.3) is 0 Å². The number of pyridine rings is 1. The van der Waals surface area contributed by atoms with E-state index in [0.717, 1.165) is 11.3 Å². The van der Waals surface area contributed by atoms with Crippen molar-refractivity contribution >= 4 is 5.91 Å². The summed E-state index contributed by atoms with van der Waals surface area (Å²) in [5.74, 6) is 1.26. The van der Waals surface area contributed by atoms with Gasteiger partial charge in [0.2, 0.25) is 0 Å². The molecule has 1 N–H and O–H groups in total. The molecule has 0 unspecified atom stereocenters. The number of rotatable bonds is 9. The van der Waals surface area contributed by atoms with Crippen LogP contribution >= 0.6 is 0 Å². The number of amides is 1. The fourth-order valence-corrected chi connectivity index (χ4v) is 2.38. The summed E-state index contributed by atoms with van der Waals surface area (Å²) in [6.45, 7) is 1.52. The quantitative estimate of drug-likeness (QED) is 0.581. The first-order valence-electron chi connectivity index (χ1n) is 8.58. The molecule has 1 amide bonds. The summed E-state index contributed by atoms with van der Waals surface area (Å²) in [5.41, 5.74) is 1.33. The van der Waals surface area contributed by atoms with Crippen LogP contribution in [0.15, 0.2) is 55.0 Å². The molecular weight excluding hydrogens is 346 g/mol. The van der Waals surface area contributed by atoms with E-state index in [9.17, 15) is 4.79 Å². The third-order valence-corrected chi connectivity index (χ3v) is 3.78. The molecule has 0 bridgehead atoms. The maximum absolute atomic E-state index is 12.1. The molecule has 0 radical (unpaired) electrons. The molecule has 0 aliphatic rings. The molecule has 3 rings (SSSR count). The van der Waals surface area contributed by atoms with Crippen LogP contribution in [-0.4, -0.2) is 46.1 Å². The number of aromatic nitrogens is 4. The Morgan fingerprint density at radius 2 is 2.04 bits per heavy atom. The van der Waals surface area contributed by atoms with Crippen molar-refractivity contribution in [2.75, 3.05) is 20.3 Å². The van der Waals surface area contributed by atoms with Crippen molar-refractivity contribution in [3.8, 4) is 11.5 Å². The van der Waals surface area contributed by atoms with E-state index in [0.29, 0.717) is 31.9 Å². The van der Waals surface area contributed by atoms with Gasteiger partial charge in [-0.3, -0.25) is 9.78 Å². The lowest BCUT2D eigenvalue weighted by Gasteiger charge is -2.06. The van der Waals surface area contributed by atoms with Gasteiger partial charge in [-0.15, -0.1) is 5.10 Å². The van der Waals surface area contributed by atoms with Gasteiger partial charge in [0.1, 0.15) is 11.5 Å².